The zero-order chi connectivity index (χ0) is 17.1. The van der Waals surface area contributed by atoms with Gasteiger partial charge in [-0.2, -0.15) is 0 Å². The summed E-state index contributed by atoms with van der Waals surface area (Å²) in [7, 11) is 0. The van der Waals surface area contributed by atoms with E-state index in [1.54, 1.807) is 27.7 Å². The number of hydrogen-bond acceptors (Lipinski definition) is 4. The third-order valence-electron chi connectivity index (χ3n) is 1.21. The predicted octanol–water partition coefficient (Wildman–Crippen LogP) is 1.54. The normalized spacial score (nSPS) is 7.05. The average Bonchev–Trinajstić information content (AvgIpc) is 2.40. The Morgan fingerprint density at radius 1 is 0.524 bits per heavy atom. The van der Waals surface area contributed by atoms with E-state index in [1.807, 2.05) is 0 Å². The van der Waals surface area contributed by atoms with Gasteiger partial charge in [-0.15, -0.1) is 0 Å². The van der Waals surface area contributed by atoms with Crippen molar-refractivity contribution in [1.82, 2.24) is 0 Å². The molecule has 0 atom stereocenters. The molecule has 0 saturated carbocycles. The van der Waals surface area contributed by atoms with Gasteiger partial charge in [0.05, 0.1) is 0 Å². The van der Waals surface area contributed by atoms with Gasteiger partial charge in [0.1, 0.15) is 0 Å². The average molecular weight is 504 g/mol. The van der Waals surface area contributed by atoms with Gasteiger partial charge in [-0.1, -0.05) is 27.7 Å². The van der Waals surface area contributed by atoms with Crippen LogP contribution in [0.2, 0.25) is 0 Å². The maximum absolute atomic E-state index is 9.37. The van der Waals surface area contributed by atoms with Crippen molar-refractivity contribution < 1.29 is 39.6 Å². The maximum atomic E-state index is 9.37. The summed E-state index contributed by atoms with van der Waals surface area (Å²) >= 11 is 0. The van der Waals surface area contributed by atoms with Crippen molar-refractivity contribution in [2.75, 3.05) is 0 Å². The van der Waals surface area contributed by atoms with Crippen LogP contribution in [0, 0.1) is 0 Å². The predicted molar refractivity (Wildman–Crippen MR) is 77.5 cm³/mol. The zero-order valence-corrected chi connectivity index (χ0v) is 16.6. The van der Waals surface area contributed by atoms with Gasteiger partial charge >= 0.3 is 23.9 Å². The Labute approximate surface area is 144 Å². The first-order chi connectivity index (χ1) is 9.08. The fraction of sp³-hybridized carbons (Fsp3) is 0.667. The molecule has 0 aromatic carbocycles. The van der Waals surface area contributed by atoms with Crippen molar-refractivity contribution in [3.8, 4) is 0 Å². The molecule has 0 bridgehead atoms. The first-order valence-corrected chi connectivity index (χ1v) is 5.95. The van der Waals surface area contributed by atoms with Gasteiger partial charge < -0.3 is 20.4 Å². The van der Waals surface area contributed by atoms with Gasteiger partial charge in [0.25, 0.3) is 0 Å². The molecular weight excluding hydrogens is 479 g/mol. The second kappa shape index (κ2) is 27.2. The molecule has 0 aromatic heterocycles. The molecule has 0 amide bonds. The van der Waals surface area contributed by atoms with Gasteiger partial charge in [-0.25, -0.2) is 0 Å². The summed E-state index contributed by atoms with van der Waals surface area (Å²) in [5.41, 5.74) is 0. The Morgan fingerprint density at radius 3 is 0.571 bits per heavy atom. The molecule has 0 heterocycles. The van der Waals surface area contributed by atoms with E-state index in [4.69, 9.17) is 20.4 Å². The molecule has 21 heavy (non-hydrogen) atoms. The Morgan fingerprint density at radius 2 is 0.571 bits per heavy atom. The molecular formula is C12H24O8Pb. The van der Waals surface area contributed by atoms with E-state index in [1.165, 1.54) is 0 Å². The van der Waals surface area contributed by atoms with Crippen molar-refractivity contribution >= 4 is 51.2 Å². The van der Waals surface area contributed by atoms with Crippen LogP contribution in [0.25, 0.3) is 0 Å². The van der Waals surface area contributed by atoms with Crippen LogP contribution >= 0.6 is 0 Å². The molecule has 0 aromatic rings. The molecule has 0 aliphatic heterocycles. The second-order valence-electron chi connectivity index (χ2n) is 2.99. The van der Waals surface area contributed by atoms with Crippen LogP contribution in [0.1, 0.15) is 53.4 Å². The summed E-state index contributed by atoms with van der Waals surface area (Å²) in [4.78, 5) is 37.5. The molecule has 9 heteroatoms. The maximum Gasteiger partial charge on any atom is 0.303 e. The van der Waals surface area contributed by atoms with Gasteiger partial charge in [0.2, 0.25) is 0 Å². The number of carboxylic acids is 4. The summed E-state index contributed by atoms with van der Waals surface area (Å²) in [6.45, 7) is 6.40. The molecule has 0 spiro atoms. The quantitative estimate of drug-likeness (QED) is 0.422. The molecule has 124 valence electrons. The molecule has 0 rings (SSSR count). The Balaban J connectivity index is -0.0000000533. The third-order valence-corrected chi connectivity index (χ3v) is 1.21. The molecule has 0 aliphatic carbocycles. The summed E-state index contributed by atoms with van der Waals surface area (Å²) in [6.07, 6.45) is 0.889. The van der Waals surface area contributed by atoms with Crippen molar-refractivity contribution in [3.63, 3.8) is 0 Å². The van der Waals surface area contributed by atoms with Crippen molar-refractivity contribution in [2.45, 2.75) is 53.4 Å². The van der Waals surface area contributed by atoms with E-state index in [2.05, 4.69) is 0 Å². The fourth-order valence-corrected chi connectivity index (χ4v) is 0. The smallest absolute Gasteiger partial charge is 0.303 e. The molecule has 4 radical (unpaired) electrons. The van der Waals surface area contributed by atoms with E-state index >= 15 is 0 Å². The number of aliphatic carboxylic acids is 4. The summed E-state index contributed by atoms with van der Waals surface area (Å²) < 4.78 is 0. The van der Waals surface area contributed by atoms with Crippen LogP contribution in [0.5, 0.6) is 0 Å². The Kier molecular flexibility index (Phi) is 41.4. The SMILES string of the molecule is CCC(=O)O.CCC(=O)O.CCC(=O)O.CCC(=O)O.[Pb]. The molecule has 8 nitrogen and oxygen atoms in total. The minimum atomic E-state index is -0.745. The third kappa shape index (κ3) is 115. The second-order valence-corrected chi connectivity index (χ2v) is 2.99. The van der Waals surface area contributed by atoms with Gasteiger partial charge in [0.15, 0.2) is 0 Å². The topological polar surface area (TPSA) is 149 Å². The van der Waals surface area contributed by atoms with Gasteiger partial charge in [0, 0.05) is 53.0 Å². The molecule has 0 aliphatic rings. The van der Waals surface area contributed by atoms with Crippen LogP contribution in [-0.4, -0.2) is 71.6 Å². The Bertz CT molecular complexity index is 222. The monoisotopic (exact) mass is 504 g/mol. The largest absolute Gasteiger partial charge is 0.481 e. The molecule has 4 N–H and O–H groups in total. The van der Waals surface area contributed by atoms with Crippen molar-refractivity contribution in [2.24, 2.45) is 0 Å². The summed E-state index contributed by atoms with van der Waals surface area (Å²) in [6, 6.07) is 0. The van der Waals surface area contributed by atoms with E-state index in [0.29, 0.717) is 0 Å². The van der Waals surface area contributed by atoms with E-state index < -0.39 is 23.9 Å². The molecule has 0 unspecified atom stereocenters. The van der Waals surface area contributed by atoms with Crippen molar-refractivity contribution in [1.29, 1.82) is 0 Å². The minimum absolute atomic E-state index is 0. The van der Waals surface area contributed by atoms with E-state index in [0.717, 1.165) is 0 Å². The Hall–Kier alpha value is -1.20. The number of carbonyl (C=O) groups is 4. The van der Waals surface area contributed by atoms with Crippen LogP contribution in [0.3, 0.4) is 0 Å². The van der Waals surface area contributed by atoms with Crippen LogP contribution in [-0.2, 0) is 19.2 Å². The van der Waals surface area contributed by atoms with Crippen LogP contribution < -0.4 is 0 Å². The van der Waals surface area contributed by atoms with Gasteiger partial charge in [-0.05, 0) is 0 Å². The zero-order valence-electron chi connectivity index (χ0n) is 12.8. The standard InChI is InChI=1S/4C3H6O2.Pb/c4*1-2-3(4)5;/h4*2H2,1H3,(H,4,5);. The number of hydrogen-bond donors (Lipinski definition) is 4. The number of carboxylic acid groups (broad SMARTS) is 4. The van der Waals surface area contributed by atoms with Crippen LogP contribution in [0.15, 0.2) is 0 Å². The van der Waals surface area contributed by atoms with Crippen LogP contribution in [0.4, 0.5) is 0 Å². The summed E-state index contributed by atoms with van der Waals surface area (Å²) in [5, 5.41) is 30.9. The van der Waals surface area contributed by atoms with Crippen molar-refractivity contribution in [3.05, 3.63) is 0 Å². The number of rotatable bonds is 4. The fourth-order valence-electron chi connectivity index (χ4n) is 0. The molecule has 0 fully saturated rings. The summed E-state index contributed by atoms with van der Waals surface area (Å²) in [5.74, 6) is -2.98. The van der Waals surface area contributed by atoms with E-state index in [-0.39, 0.29) is 53.0 Å². The molecule has 0 saturated heterocycles. The first-order valence-electron chi connectivity index (χ1n) is 5.95. The minimum Gasteiger partial charge on any atom is -0.481 e. The van der Waals surface area contributed by atoms with Gasteiger partial charge in [-0.3, -0.25) is 19.2 Å². The first kappa shape index (κ1) is 32.0. The van der Waals surface area contributed by atoms with E-state index in [9.17, 15) is 19.2 Å².